The summed E-state index contributed by atoms with van der Waals surface area (Å²) in [6.45, 7) is 6.81. The molecule has 0 aromatic heterocycles. The zero-order valence-corrected chi connectivity index (χ0v) is 18.6. The highest BCUT2D eigenvalue weighted by Crippen LogP contribution is 2.28. The number of ether oxygens (including phenoxy) is 3. The summed E-state index contributed by atoms with van der Waals surface area (Å²) in [5.74, 6) is 1.65. The standard InChI is InChI=1S/C26H28N2O4/c1-4-30-23-12-10-21(11-13-23)27-17-20-9-14-24(25(16-20)31-5-2)32-18-26(29)28-22-8-6-7-19(3)15-22/h6-17H,4-5,18H2,1-3H3,(H,28,29). The molecule has 3 rings (SSSR count). The van der Waals surface area contributed by atoms with Crippen LogP contribution in [0.2, 0.25) is 0 Å². The first-order valence-corrected chi connectivity index (χ1v) is 10.6. The van der Waals surface area contributed by atoms with E-state index in [4.69, 9.17) is 14.2 Å². The van der Waals surface area contributed by atoms with E-state index in [1.54, 1.807) is 12.3 Å². The number of hydrogen-bond donors (Lipinski definition) is 1. The van der Waals surface area contributed by atoms with Gasteiger partial charge in [0.25, 0.3) is 5.91 Å². The number of nitrogens with one attached hydrogen (secondary N) is 1. The van der Waals surface area contributed by atoms with E-state index in [0.29, 0.717) is 24.7 Å². The van der Waals surface area contributed by atoms with E-state index in [-0.39, 0.29) is 12.5 Å². The molecular formula is C26H28N2O4. The number of benzene rings is 3. The highest BCUT2D eigenvalue weighted by atomic mass is 16.5. The Kier molecular flexibility index (Phi) is 8.26. The number of hydrogen-bond acceptors (Lipinski definition) is 5. The van der Waals surface area contributed by atoms with Crippen LogP contribution in [0.4, 0.5) is 11.4 Å². The van der Waals surface area contributed by atoms with Gasteiger partial charge in [0.1, 0.15) is 5.75 Å². The molecule has 1 amide bonds. The van der Waals surface area contributed by atoms with Crippen LogP contribution in [0.1, 0.15) is 25.0 Å². The first-order chi connectivity index (χ1) is 15.6. The third kappa shape index (κ3) is 6.87. The first kappa shape index (κ1) is 22.9. The average molecular weight is 433 g/mol. The maximum Gasteiger partial charge on any atom is 0.262 e. The summed E-state index contributed by atoms with van der Waals surface area (Å²) in [7, 11) is 0. The number of carbonyl (C=O) groups is 1. The zero-order chi connectivity index (χ0) is 22.8. The topological polar surface area (TPSA) is 69.2 Å². The van der Waals surface area contributed by atoms with E-state index in [1.165, 1.54) is 0 Å². The molecule has 0 radical (unpaired) electrons. The van der Waals surface area contributed by atoms with Crippen LogP contribution >= 0.6 is 0 Å². The second-order valence-electron chi connectivity index (χ2n) is 7.03. The number of rotatable bonds is 10. The third-order valence-electron chi connectivity index (χ3n) is 4.44. The lowest BCUT2D eigenvalue weighted by atomic mass is 10.2. The van der Waals surface area contributed by atoms with Gasteiger partial charge in [-0.05, 0) is 86.5 Å². The van der Waals surface area contributed by atoms with E-state index >= 15 is 0 Å². The van der Waals surface area contributed by atoms with Crippen molar-refractivity contribution in [2.45, 2.75) is 20.8 Å². The van der Waals surface area contributed by atoms with Gasteiger partial charge < -0.3 is 19.5 Å². The molecule has 0 bridgehead atoms. The van der Waals surface area contributed by atoms with E-state index in [0.717, 1.165) is 28.3 Å². The summed E-state index contributed by atoms with van der Waals surface area (Å²) in [5, 5.41) is 2.83. The SMILES string of the molecule is CCOc1ccc(N=Cc2ccc(OCC(=O)Nc3cccc(C)c3)c(OCC)c2)cc1. The van der Waals surface area contributed by atoms with Crippen molar-refractivity contribution in [2.75, 3.05) is 25.1 Å². The average Bonchev–Trinajstić information content (AvgIpc) is 2.78. The van der Waals surface area contributed by atoms with E-state index < -0.39 is 0 Å². The molecule has 0 fully saturated rings. The number of amides is 1. The fourth-order valence-electron chi connectivity index (χ4n) is 3.00. The van der Waals surface area contributed by atoms with Crippen LogP contribution in [0.5, 0.6) is 17.2 Å². The molecule has 0 saturated carbocycles. The highest BCUT2D eigenvalue weighted by Gasteiger charge is 2.09. The number of anilines is 1. The molecule has 6 nitrogen and oxygen atoms in total. The van der Waals surface area contributed by atoms with Gasteiger partial charge in [0, 0.05) is 11.9 Å². The monoisotopic (exact) mass is 432 g/mol. The van der Waals surface area contributed by atoms with E-state index in [9.17, 15) is 4.79 Å². The van der Waals surface area contributed by atoms with Crippen molar-refractivity contribution < 1.29 is 19.0 Å². The van der Waals surface area contributed by atoms with Gasteiger partial charge in [0.05, 0.1) is 18.9 Å². The molecule has 3 aromatic carbocycles. The lowest BCUT2D eigenvalue weighted by Gasteiger charge is -2.13. The minimum atomic E-state index is -0.237. The fraction of sp³-hybridized carbons (Fsp3) is 0.231. The number of aliphatic imine (C=N–C) groups is 1. The van der Waals surface area contributed by atoms with Gasteiger partial charge in [-0.2, -0.15) is 0 Å². The molecule has 3 aromatic rings. The summed E-state index contributed by atoms with van der Waals surface area (Å²) in [6, 6.07) is 20.7. The summed E-state index contributed by atoms with van der Waals surface area (Å²) >= 11 is 0. The quantitative estimate of drug-likeness (QED) is 0.426. The van der Waals surface area contributed by atoms with Gasteiger partial charge in [-0.1, -0.05) is 12.1 Å². The Balaban J connectivity index is 1.63. The predicted octanol–water partition coefficient (Wildman–Crippen LogP) is 5.56. The van der Waals surface area contributed by atoms with Gasteiger partial charge in [-0.25, -0.2) is 0 Å². The Morgan fingerprint density at radius 1 is 0.906 bits per heavy atom. The molecule has 6 heteroatoms. The van der Waals surface area contributed by atoms with Crippen LogP contribution in [0, 0.1) is 6.92 Å². The number of carbonyl (C=O) groups excluding carboxylic acids is 1. The second kappa shape index (κ2) is 11.6. The van der Waals surface area contributed by atoms with E-state index in [2.05, 4.69) is 10.3 Å². The van der Waals surface area contributed by atoms with Crippen molar-refractivity contribution in [3.05, 3.63) is 77.9 Å². The largest absolute Gasteiger partial charge is 0.494 e. The molecule has 166 valence electrons. The van der Waals surface area contributed by atoms with Gasteiger partial charge >= 0.3 is 0 Å². The summed E-state index contributed by atoms with van der Waals surface area (Å²) in [4.78, 5) is 16.7. The summed E-state index contributed by atoms with van der Waals surface area (Å²) in [6.07, 6.45) is 1.76. The molecule has 0 heterocycles. The lowest BCUT2D eigenvalue weighted by Crippen LogP contribution is -2.20. The molecule has 0 spiro atoms. The van der Waals surface area contributed by atoms with Gasteiger partial charge in [-0.15, -0.1) is 0 Å². The van der Waals surface area contributed by atoms with Gasteiger partial charge in [0.15, 0.2) is 18.1 Å². The third-order valence-corrected chi connectivity index (χ3v) is 4.44. The van der Waals surface area contributed by atoms with Crippen molar-refractivity contribution >= 4 is 23.5 Å². The molecule has 0 aliphatic rings. The van der Waals surface area contributed by atoms with Crippen molar-refractivity contribution in [3.63, 3.8) is 0 Å². The Labute approximate surface area is 188 Å². The van der Waals surface area contributed by atoms with Crippen LogP contribution < -0.4 is 19.5 Å². The van der Waals surface area contributed by atoms with Crippen molar-refractivity contribution in [3.8, 4) is 17.2 Å². The molecule has 1 N–H and O–H groups in total. The smallest absolute Gasteiger partial charge is 0.262 e. The Bertz CT molecular complexity index is 1060. The highest BCUT2D eigenvalue weighted by molar-refractivity contribution is 5.92. The normalized spacial score (nSPS) is 10.7. The van der Waals surface area contributed by atoms with Crippen LogP contribution in [0.3, 0.4) is 0 Å². The molecule has 0 unspecified atom stereocenters. The van der Waals surface area contributed by atoms with E-state index in [1.807, 2.05) is 81.4 Å². The van der Waals surface area contributed by atoms with Crippen LogP contribution in [-0.2, 0) is 4.79 Å². The Hall–Kier alpha value is -3.80. The second-order valence-corrected chi connectivity index (χ2v) is 7.03. The first-order valence-electron chi connectivity index (χ1n) is 10.6. The summed E-state index contributed by atoms with van der Waals surface area (Å²) in [5.41, 5.74) is 3.49. The van der Waals surface area contributed by atoms with Crippen LogP contribution in [0.15, 0.2) is 71.7 Å². The minimum Gasteiger partial charge on any atom is -0.494 e. The molecule has 32 heavy (non-hydrogen) atoms. The molecule has 0 atom stereocenters. The molecule has 0 aliphatic heterocycles. The van der Waals surface area contributed by atoms with Gasteiger partial charge in [-0.3, -0.25) is 9.79 Å². The lowest BCUT2D eigenvalue weighted by molar-refractivity contribution is -0.118. The minimum absolute atomic E-state index is 0.117. The van der Waals surface area contributed by atoms with Crippen molar-refractivity contribution in [1.82, 2.24) is 0 Å². The zero-order valence-electron chi connectivity index (χ0n) is 18.6. The van der Waals surface area contributed by atoms with Crippen molar-refractivity contribution in [1.29, 1.82) is 0 Å². The predicted molar refractivity (Wildman–Crippen MR) is 128 cm³/mol. The molecule has 0 aliphatic carbocycles. The summed E-state index contributed by atoms with van der Waals surface area (Å²) < 4.78 is 16.9. The fourth-order valence-corrected chi connectivity index (χ4v) is 3.00. The number of aryl methyl sites for hydroxylation is 1. The van der Waals surface area contributed by atoms with Crippen LogP contribution in [-0.4, -0.2) is 31.9 Å². The molecular weight excluding hydrogens is 404 g/mol. The Morgan fingerprint density at radius 3 is 2.41 bits per heavy atom. The maximum absolute atomic E-state index is 12.3. The number of nitrogens with zero attached hydrogens (tertiary/aromatic N) is 1. The Morgan fingerprint density at radius 2 is 1.69 bits per heavy atom. The molecule has 0 saturated heterocycles. The van der Waals surface area contributed by atoms with Crippen molar-refractivity contribution in [2.24, 2.45) is 4.99 Å². The van der Waals surface area contributed by atoms with Crippen LogP contribution in [0.25, 0.3) is 0 Å². The van der Waals surface area contributed by atoms with Gasteiger partial charge in [0.2, 0.25) is 0 Å². The maximum atomic E-state index is 12.3.